The van der Waals surface area contributed by atoms with Crippen LogP contribution in [0, 0.1) is 0 Å². The number of aliphatic hydroxyl groups excluding tert-OH is 2. The van der Waals surface area contributed by atoms with Crippen molar-refractivity contribution >= 4 is 19.1 Å². The van der Waals surface area contributed by atoms with Gasteiger partial charge in [0.2, 0.25) is 0 Å². The van der Waals surface area contributed by atoms with Crippen LogP contribution in [0.2, 0.25) is 0 Å². The average Bonchev–Trinajstić information content (AvgIpc) is 3.26. The van der Waals surface area contributed by atoms with Crippen LogP contribution in [0.15, 0.2) is 11.0 Å². The lowest BCUT2D eigenvalue weighted by molar-refractivity contribution is -0.0713. The minimum Gasteiger partial charge on any atom is -0.388 e. The highest BCUT2D eigenvalue weighted by molar-refractivity contribution is 7.54. The molecule has 1 fully saturated rings. The van der Waals surface area contributed by atoms with Gasteiger partial charge >= 0.3 is 13.3 Å². The Morgan fingerprint density at radius 3 is 2.58 bits per heavy atom. The average molecular weight is 462 g/mol. The van der Waals surface area contributed by atoms with E-state index < -0.39 is 48.8 Å². The molecule has 0 aromatic carbocycles. The molecule has 0 aliphatic carbocycles. The van der Waals surface area contributed by atoms with E-state index in [0.29, 0.717) is 18.2 Å². The summed E-state index contributed by atoms with van der Waals surface area (Å²) in [6, 6.07) is 0. The molecule has 0 saturated carbocycles. The largest absolute Gasteiger partial charge is 0.388 e. The number of aliphatic hydroxyl groups is 3. The third kappa shape index (κ3) is 4.51. The molecule has 13 heteroatoms. The first-order valence-electron chi connectivity index (χ1n) is 10.2. The van der Waals surface area contributed by atoms with Gasteiger partial charge in [-0.1, -0.05) is 13.8 Å². The van der Waals surface area contributed by atoms with E-state index in [4.69, 9.17) is 9.26 Å². The molecule has 0 radical (unpaired) electrons. The lowest BCUT2D eigenvalue weighted by atomic mass is 9.93. The van der Waals surface area contributed by atoms with E-state index in [1.54, 1.807) is 20.8 Å². The number of fused-ring (bicyclic) bond motifs is 1. The highest BCUT2D eigenvalue weighted by Gasteiger charge is 2.50. The van der Waals surface area contributed by atoms with Crippen LogP contribution in [-0.2, 0) is 13.8 Å². The molecule has 176 valence electrons. The molecule has 1 aromatic rings. The fourth-order valence-electron chi connectivity index (χ4n) is 3.53. The monoisotopic (exact) mass is 462 g/mol. The molecule has 12 nitrogen and oxygen atoms in total. The maximum atomic E-state index is 12.7. The van der Waals surface area contributed by atoms with Crippen molar-refractivity contribution in [3.05, 3.63) is 16.7 Å². The van der Waals surface area contributed by atoms with Gasteiger partial charge < -0.3 is 40.1 Å². The van der Waals surface area contributed by atoms with Crippen molar-refractivity contribution in [2.24, 2.45) is 0 Å². The molecule has 0 bridgehead atoms. The quantitative estimate of drug-likeness (QED) is 0.297. The van der Waals surface area contributed by atoms with Gasteiger partial charge in [0.15, 0.2) is 17.4 Å². The van der Waals surface area contributed by atoms with Gasteiger partial charge in [-0.2, -0.15) is 4.98 Å². The number of anilines is 2. The van der Waals surface area contributed by atoms with Gasteiger partial charge in [0, 0.05) is 12.6 Å². The fraction of sp³-hybridized carbons (Fsp3) is 0.778. The van der Waals surface area contributed by atoms with Gasteiger partial charge in [0.05, 0.1) is 24.1 Å². The predicted molar refractivity (Wildman–Crippen MR) is 112 cm³/mol. The first-order valence-corrected chi connectivity index (χ1v) is 11.8. The van der Waals surface area contributed by atoms with Crippen molar-refractivity contribution in [3.8, 4) is 0 Å². The Morgan fingerprint density at radius 1 is 1.29 bits per heavy atom. The normalized spacial score (nSPS) is 31.1. The SMILES string of the molecule is CCC(C)(CC1OC(n2cc3c(nc2=O)NCN3)C(O)C1O)OP(=O)(O)C(C)(O)CC. The number of ether oxygens (including phenoxy) is 1. The number of hydrogen-bond acceptors (Lipinski definition) is 10. The Kier molecular flexibility index (Phi) is 6.56. The molecule has 0 spiro atoms. The van der Waals surface area contributed by atoms with Gasteiger partial charge in [0.1, 0.15) is 12.2 Å². The second-order valence-corrected chi connectivity index (χ2v) is 10.6. The van der Waals surface area contributed by atoms with E-state index >= 15 is 0 Å². The summed E-state index contributed by atoms with van der Waals surface area (Å²) in [5.74, 6) is 0.388. The van der Waals surface area contributed by atoms with E-state index in [2.05, 4.69) is 15.6 Å². The first kappa shape index (κ1) is 24.1. The molecule has 3 heterocycles. The van der Waals surface area contributed by atoms with E-state index in [1.807, 2.05) is 0 Å². The Balaban J connectivity index is 1.81. The van der Waals surface area contributed by atoms with Gasteiger partial charge in [-0.05, 0) is 26.7 Å². The van der Waals surface area contributed by atoms with Gasteiger partial charge in [-0.25, -0.2) is 4.79 Å². The van der Waals surface area contributed by atoms with Crippen LogP contribution in [0.25, 0.3) is 0 Å². The maximum absolute atomic E-state index is 12.7. The summed E-state index contributed by atoms with van der Waals surface area (Å²) in [7, 11) is -4.44. The molecule has 3 rings (SSSR count). The minimum absolute atomic E-state index is 0.00104. The lowest BCUT2D eigenvalue weighted by Gasteiger charge is -2.37. The van der Waals surface area contributed by atoms with Gasteiger partial charge in [-0.3, -0.25) is 9.13 Å². The standard InChI is InChI=1S/C18H31N4O8P/c1-5-17(3,30-31(27,28)18(4,26)6-2)7-11-12(23)13(24)15(29-11)22-8-10-14(20-9-19-10)21-16(22)25/h8,11-13,15,19,23-24,26H,5-7,9H2,1-4H3,(H,27,28)(H,20,21,25). The molecule has 6 N–H and O–H groups in total. The molecule has 7 atom stereocenters. The van der Waals surface area contributed by atoms with Crippen LogP contribution >= 0.6 is 7.60 Å². The van der Waals surface area contributed by atoms with Gasteiger partial charge in [-0.15, -0.1) is 0 Å². The Bertz CT molecular complexity index is 924. The number of aromatic nitrogens is 2. The molecule has 1 saturated heterocycles. The van der Waals surface area contributed by atoms with Crippen molar-refractivity contribution in [3.63, 3.8) is 0 Å². The minimum atomic E-state index is -4.44. The summed E-state index contributed by atoms with van der Waals surface area (Å²) < 4.78 is 25.0. The molecule has 2 aliphatic heterocycles. The molecule has 7 unspecified atom stereocenters. The van der Waals surface area contributed by atoms with Crippen LogP contribution in [-0.4, -0.2) is 65.7 Å². The molecule has 2 aliphatic rings. The summed E-state index contributed by atoms with van der Waals surface area (Å²) in [5.41, 5.74) is -1.37. The fourth-order valence-corrected chi connectivity index (χ4v) is 4.93. The summed E-state index contributed by atoms with van der Waals surface area (Å²) in [6.07, 6.45) is -3.36. The summed E-state index contributed by atoms with van der Waals surface area (Å²) in [4.78, 5) is 26.6. The van der Waals surface area contributed by atoms with E-state index in [9.17, 15) is 29.6 Å². The van der Waals surface area contributed by atoms with E-state index in [-0.39, 0.29) is 19.3 Å². The van der Waals surface area contributed by atoms with Crippen LogP contribution in [0.5, 0.6) is 0 Å². The first-order chi connectivity index (χ1) is 14.3. The van der Waals surface area contributed by atoms with Crippen molar-refractivity contribution < 1.29 is 34.0 Å². The highest BCUT2D eigenvalue weighted by atomic mass is 31.2. The predicted octanol–water partition coefficient (Wildman–Crippen LogP) is 0.537. The highest BCUT2D eigenvalue weighted by Crippen LogP contribution is 2.59. The van der Waals surface area contributed by atoms with Crippen molar-refractivity contribution in [1.82, 2.24) is 9.55 Å². The second-order valence-electron chi connectivity index (χ2n) is 8.46. The molecular formula is C18H31N4O8P. The number of nitrogens with zero attached hydrogens (tertiary/aromatic N) is 2. The number of nitrogens with one attached hydrogen (secondary N) is 2. The summed E-state index contributed by atoms with van der Waals surface area (Å²) in [6.45, 7) is 6.48. The lowest BCUT2D eigenvalue weighted by Crippen LogP contribution is -2.40. The zero-order chi connectivity index (χ0) is 23.2. The van der Waals surface area contributed by atoms with Crippen LogP contribution in [0.4, 0.5) is 11.5 Å². The van der Waals surface area contributed by atoms with E-state index in [1.165, 1.54) is 13.1 Å². The topological polar surface area (TPSA) is 175 Å². The smallest absolute Gasteiger partial charge is 0.359 e. The van der Waals surface area contributed by atoms with E-state index in [0.717, 1.165) is 4.57 Å². The van der Waals surface area contributed by atoms with Gasteiger partial charge in [0.25, 0.3) is 0 Å². The Morgan fingerprint density at radius 2 is 1.97 bits per heavy atom. The Hall–Kier alpha value is -1.53. The Labute approximate surface area is 179 Å². The third-order valence-corrected chi connectivity index (χ3v) is 8.32. The van der Waals surface area contributed by atoms with Crippen molar-refractivity contribution in [1.29, 1.82) is 0 Å². The molecule has 1 aromatic heterocycles. The zero-order valence-corrected chi connectivity index (χ0v) is 18.9. The van der Waals surface area contributed by atoms with Crippen molar-refractivity contribution in [2.75, 3.05) is 17.3 Å². The molecule has 31 heavy (non-hydrogen) atoms. The summed E-state index contributed by atoms with van der Waals surface area (Å²) in [5, 5.41) is 35.3. The second kappa shape index (κ2) is 8.43. The zero-order valence-electron chi connectivity index (χ0n) is 18.0. The summed E-state index contributed by atoms with van der Waals surface area (Å²) >= 11 is 0. The maximum Gasteiger partial charge on any atom is 0.359 e. The third-order valence-electron chi connectivity index (χ3n) is 6.10. The van der Waals surface area contributed by atoms with Crippen molar-refractivity contribution in [2.45, 2.75) is 82.4 Å². The number of hydrogen-bond donors (Lipinski definition) is 6. The van der Waals surface area contributed by atoms with Crippen LogP contribution in [0.1, 0.15) is 53.2 Å². The molecular weight excluding hydrogens is 431 g/mol. The van der Waals surface area contributed by atoms with Crippen LogP contribution in [0.3, 0.4) is 0 Å². The van der Waals surface area contributed by atoms with Crippen LogP contribution < -0.4 is 16.3 Å². The number of rotatable bonds is 8. The molecule has 0 amide bonds.